The van der Waals surface area contributed by atoms with Gasteiger partial charge in [0.15, 0.2) is 0 Å². The van der Waals surface area contributed by atoms with Crippen LogP contribution < -0.4 is 10.9 Å². The normalized spacial score (nSPS) is 10.5. The summed E-state index contributed by atoms with van der Waals surface area (Å²) in [6, 6.07) is 7.31. The molecule has 0 unspecified atom stereocenters. The topological polar surface area (TPSA) is 69.5 Å². The second-order valence-electron chi connectivity index (χ2n) is 3.22. The molecule has 0 aliphatic heterocycles. The third-order valence-corrected chi connectivity index (χ3v) is 2.11. The Bertz CT molecular complexity index is 395. The number of benzene rings is 1. The van der Waals surface area contributed by atoms with Gasteiger partial charge in [-0.2, -0.15) is 5.10 Å². The number of nitrogens with zero attached hydrogens (tertiary/aromatic N) is 1. The molecule has 17 heavy (non-hydrogen) atoms. The number of hydroxylamine groups is 1. The molecule has 1 rings (SSSR count). The van der Waals surface area contributed by atoms with Gasteiger partial charge in [-0.3, -0.25) is 10.2 Å². The third kappa shape index (κ3) is 5.33. The highest BCUT2D eigenvalue weighted by Gasteiger charge is 1.95. The molecule has 0 aliphatic carbocycles. The van der Waals surface area contributed by atoms with Crippen molar-refractivity contribution in [2.24, 2.45) is 5.10 Å². The second-order valence-corrected chi connectivity index (χ2v) is 3.62. The van der Waals surface area contributed by atoms with Gasteiger partial charge in [0.05, 0.1) is 12.8 Å². The molecule has 0 saturated heterocycles. The molecule has 5 nitrogen and oxygen atoms in total. The van der Waals surface area contributed by atoms with Crippen LogP contribution in [-0.2, 0) is 4.84 Å². The molecule has 6 heteroatoms. The molecule has 0 heterocycles. The molecule has 0 fully saturated rings. The minimum atomic E-state index is -0.0262. The molecule has 0 saturated carbocycles. The summed E-state index contributed by atoms with van der Waals surface area (Å²) in [5.74, 6) is -0.0262. The van der Waals surface area contributed by atoms with E-state index in [0.717, 1.165) is 12.0 Å². The molecular formula is C11H15ClN4O. The van der Waals surface area contributed by atoms with Crippen molar-refractivity contribution < 1.29 is 4.84 Å². The van der Waals surface area contributed by atoms with Gasteiger partial charge in [0.25, 0.3) is 0 Å². The van der Waals surface area contributed by atoms with Crippen LogP contribution in [0.1, 0.15) is 18.9 Å². The van der Waals surface area contributed by atoms with Crippen LogP contribution in [0.5, 0.6) is 0 Å². The Morgan fingerprint density at radius 1 is 1.53 bits per heavy atom. The molecular weight excluding hydrogens is 240 g/mol. The number of rotatable bonds is 5. The highest BCUT2D eigenvalue weighted by molar-refractivity contribution is 6.33. The predicted molar refractivity (Wildman–Crippen MR) is 69.3 cm³/mol. The first-order chi connectivity index (χ1) is 8.24. The Hall–Kier alpha value is -1.59. The van der Waals surface area contributed by atoms with Crippen LogP contribution in [0.3, 0.4) is 0 Å². The zero-order chi connectivity index (χ0) is 12.5. The van der Waals surface area contributed by atoms with Crippen LogP contribution in [0.15, 0.2) is 29.4 Å². The lowest BCUT2D eigenvalue weighted by atomic mass is 10.2. The summed E-state index contributed by atoms with van der Waals surface area (Å²) >= 11 is 5.93. The smallest absolute Gasteiger partial charge is 0.233 e. The molecule has 1 aromatic carbocycles. The van der Waals surface area contributed by atoms with Gasteiger partial charge in [-0.15, -0.1) is 0 Å². The number of hydrogen-bond acceptors (Lipinski definition) is 3. The van der Waals surface area contributed by atoms with Crippen molar-refractivity contribution in [3.63, 3.8) is 0 Å². The van der Waals surface area contributed by atoms with Gasteiger partial charge in [0, 0.05) is 10.6 Å². The van der Waals surface area contributed by atoms with Crippen molar-refractivity contribution in [3.05, 3.63) is 34.9 Å². The Morgan fingerprint density at radius 3 is 3.00 bits per heavy atom. The van der Waals surface area contributed by atoms with E-state index in [0.29, 0.717) is 11.6 Å². The fourth-order valence-electron chi connectivity index (χ4n) is 0.994. The summed E-state index contributed by atoms with van der Waals surface area (Å²) in [6.07, 6.45) is 2.42. The number of nitrogens with one attached hydrogen (secondary N) is 3. The van der Waals surface area contributed by atoms with Gasteiger partial charge in [-0.25, -0.2) is 10.9 Å². The van der Waals surface area contributed by atoms with Crippen molar-refractivity contribution in [3.8, 4) is 0 Å². The molecule has 3 N–H and O–H groups in total. The SMILES string of the molecule is CCCONC(=N)NN=Cc1ccccc1Cl. The summed E-state index contributed by atoms with van der Waals surface area (Å²) < 4.78 is 0. The summed E-state index contributed by atoms with van der Waals surface area (Å²) in [5.41, 5.74) is 5.67. The highest BCUT2D eigenvalue weighted by atomic mass is 35.5. The third-order valence-electron chi connectivity index (χ3n) is 1.77. The van der Waals surface area contributed by atoms with Crippen molar-refractivity contribution in [1.29, 1.82) is 5.41 Å². The van der Waals surface area contributed by atoms with E-state index < -0.39 is 0 Å². The molecule has 0 amide bonds. The van der Waals surface area contributed by atoms with Crippen LogP contribution in [0.25, 0.3) is 0 Å². The van der Waals surface area contributed by atoms with Crippen molar-refractivity contribution >= 4 is 23.8 Å². The van der Waals surface area contributed by atoms with Gasteiger partial charge in [-0.1, -0.05) is 36.7 Å². The molecule has 0 aromatic heterocycles. The monoisotopic (exact) mass is 254 g/mol. The number of guanidine groups is 1. The zero-order valence-electron chi connectivity index (χ0n) is 9.53. The Balaban J connectivity index is 2.35. The lowest BCUT2D eigenvalue weighted by molar-refractivity contribution is 0.0825. The summed E-state index contributed by atoms with van der Waals surface area (Å²) in [7, 11) is 0. The average Bonchev–Trinajstić information content (AvgIpc) is 2.32. The maximum Gasteiger partial charge on any atom is 0.233 e. The minimum Gasteiger partial charge on any atom is -0.274 e. The van der Waals surface area contributed by atoms with Crippen LogP contribution in [-0.4, -0.2) is 18.8 Å². The average molecular weight is 255 g/mol. The minimum absolute atomic E-state index is 0.0262. The van der Waals surface area contributed by atoms with Crippen LogP contribution in [0.4, 0.5) is 0 Å². The number of hydrogen-bond donors (Lipinski definition) is 3. The fourth-order valence-corrected chi connectivity index (χ4v) is 1.18. The zero-order valence-corrected chi connectivity index (χ0v) is 10.3. The maximum atomic E-state index is 7.39. The highest BCUT2D eigenvalue weighted by Crippen LogP contribution is 2.11. The van der Waals surface area contributed by atoms with E-state index in [1.54, 1.807) is 12.3 Å². The van der Waals surface area contributed by atoms with E-state index in [4.69, 9.17) is 21.8 Å². The van der Waals surface area contributed by atoms with Gasteiger partial charge in [0.1, 0.15) is 0 Å². The second kappa shape index (κ2) is 7.65. The first-order valence-corrected chi connectivity index (χ1v) is 5.61. The Labute approximate surface area is 105 Å². The maximum absolute atomic E-state index is 7.39. The molecule has 0 spiro atoms. The quantitative estimate of drug-likeness (QED) is 0.326. The lowest BCUT2D eigenvalue weighted by Gasteiger charge is -2.05. The first-order valence-electron chi connectivity index (χ1n) is 5.24. The van der Waals surface area contributed by atoms with E-state index in [1.807, 2.05) is 25.1 Å². The van der Waals surface area contributed by atoms with Crippen molar-refractivity contribution in [2.45, 2.75) is 13.3 Å². The van der Waals surface area contributed by atoms with Gasteiger partial charge in [0.2, 0.25) is 5.96 Å². The molecule has 0 aliphatic rings. The molecule has 0 atom stereocenters. The lowest BCUT2D eigenvalue weighted by Crippen LogP contribution is -2.33. The molecule has 1 aromatic rings. The van der Waals surface area contributed by atoms with Crippen molar-refractivity contribution in [1.82, 2.24) is 10.9 Å². The van der Waals surface area contributed by atoms with E-state index in [9.17, 15) is 0 Å². The van der Waals surface area contributed by atoms with Crippen LogP contribution in [0, 0.1) is 5.41 Å². The number of halogens is 1. The first kappa shape index (κ1) is 13.5. The van der Waals surface area contributed by atoms with Crippen molar-refractivity contribution in [2.75, 3.05) is 6.61 Å². The summed E-state index contributed by atoms with van der Waals surface area (Å²) in [5, 5.41) is 11.9. The Morgan fingerprint density at radius 2 is 2.29 bits per heavy atom. The standard InChI is InChI=1S/C11H15ClN4O/c1-2-7-17-16-11(13)15-14-8-9-5-3-4-6-10(9)12/h3-6,8H,2,7H2,1H3,(H3,13,15,16). The van der Waals surface area contributed by atoms with Gasteiger partial charge in [-0.05, 0) is 12.5 Å². The molecule has 0 bridgehead atoms. The fraction of sp³-hybridized carbons (Fsp3) is 0.273. The molecule has 92 valence electrons. The van der Waals surface area contributed by atoms with Gasteiger partial charge < -0.3 is 0 Å². The van der Waals surface area contributed by atoms with Crippen LogP contribution >= 0.6 is 11.6 Å². The Kier molecular flexibility index (Phi) is 6.06. The number of hydrazone groups is 1. The largest absolute Gasteiger partial charge is 0.274 e. The van der Waals surface area contributed by atoms with E-state index >= 15 is 0 Å². The van der Waals surface area contributed by atoms with E-state index in [-0.39, 0.29) is 5.96 Å². The predicted octanol–water partition coefficient (Wildman–Crippen LogP) is 2.13. The van der Waals surface area contributed by atoms with E-state index in [2.05, 4.69) is 16.0 Å². The summed E-state index contributed by atoms with van der Waals surface area (Å²) in [4.78, 5) is 4.93. The van der Waals surface area contributed by atoms with E-state index in [1.165, 1.54) is 0 Å². The van der Waals surface area contributed by atoms with Gasteiger partial charge >= 0.3 is 0 Å². The summed E-state index contributed by atoms with van der Waals surface area (Å²) in [6.45, 7) is 2.52. The molecule has 0 radical (unpaired) electrons. The van der Waals surface area contributed by atoms with Crippen LogP contribution in [0.2, 0.25) is 5.02 Å².